The minimum Gasteiger partial charge on any atom is -0.352 e. The molecule has 0 radical (unpaired) electrons. The van der Waals surface area contributed by atoms with E-state index in [1.807, 2.05) is 0 Å². The van der Waals surface area contributed by atoms with Crippen LogP contribution in [-0.4, -0.2) is 33.1 Å². The third-order valence-electron chi connectivity index (χ3n) is 4.47. The van der Waals surface area contributed by atoms with E-state index in [4.69, 9.17) is 12.2 Å². The molecule has 2 aromatic carbocycles. The lowest BCUT2D eigenvalue weighted by atomic mass is 10.1. The molecule has 0 aliphatic rings. The highest BCUT2D eigenvalue weighted by atomic mass is 32.1. The van der Waals surface area contributed by atoms with Crippen molar-refractivity contribution in [3.63, 3.8) is 0 Å². The van der Waals surface area contributed by atoms with Gasteiger partial charge in [-0.3, -0.25) is 14.7 Å². The van der Waals surface area contributed by atoms with Crippen molar-refractivity contribution >= 4 is 29.7 Å². The topological polar surface area (TPSA) is 91.8 Å². The number of halogens is 1. The molecule has 0 aliphatic carbocycles. The molecule has 2 amide bonds. The first-order valence-electron chi connectivity index (χ1n) is 8.92. The molecule has 3 aromatic rings. The average molecular weight is 413 g/mol. The van der Waals surface area contributed by atoms with Gasteiger partial charge in [0.2, 0.25) is 0 Å². The molecule has 1 aromatic heterocycles. The Labute approximate surface area is 172 Å². The molecule has 0 aliphatic heterocycles. The number of aromatic nitrogens is 3. The fourth-order valence-electron chi connectivity index (χ4n) is 2.73. The Morgan fingerprint density at radius 1 is 1.21 bits per heavy atom. The molecule has 3 N–H and O–H groups in total. The van der Waals surface area contributed by atoms with Gasteiger partial charge in [-0.15, -0.1) is 0 Å². The maximum atomic E-state index is 13.8. The van der Waals surface area contributed by atoms with Crippen LogP contribution in [0, 0.1) is 17.5 Å². The molecule has 7 nitrogen and oxygen atoms in total. The smallest absolute Gasteiger partial charge is 0.258 e. The zero-order chi connectivity index (χ0) is 21.0. The van der Waals surface area contributed by atoms with Gasteiger partial charge in [-0.2, -0.15) is 5.10 Å². The van der Waals surface area contributed by atoms with Crippen molar-refractivity contribution in [3.8, 4) is 0 Å². The number of nitrogens with one attached hydrogen (secondary N) is 3. The number of carbonyl (C=O) groups is 2. The van der Waals surface area contributed by atoms with E-state index in [1.165, 1.54) is 18.2 Å². The Hall–Kier alpha value is -3.33. The fourth-order valence-corrected chi connectivity index (χ4v) is 2.88. The van der Waals surface area contributed by atoms with E-state index in [0.29, 0.717) is 29.0 Å². The van der Waals surface area contributed by atoms with Crippen LogP contribution in [0.4, 0.5) is 10.1 Å². The molecular weight excluding hydrogens is 393 g/mol. The van der Waals surface area contributed by atoms with E-state index in [0.717, 1.165) is 11.4 Å². The normalized spacial score (nSPS) is 10.6. The lowest BCUT2D eigenvalue weighted by Crippen LogP contribution is -2.26. The average Bonchev–Trinajstić information content (AvgIpc) is 3.02. The van der Waals surface area contributed by atoms with E-state index in [9.17, 15) is 14.0 Å². The minimum absolute atomic E-state index is 0.0604. The summed E-state index contributed by atoms with van der Waals surface area (Å²) in [6, 6.07) is 10.7. The molecule has 0 atom stereocenters. The van der Waals surface area contributed by atoms with Crippen molar-refractivity contribution in [1.29, 1.82) is 0 Å². The van der Waals surface area contributed by atoms with Crippen molar-refractivity contribution in [1.82, 2.24) is 20.1 Å². The van der Waals surface area contributed by atoms with Crippen molar-refractivity contribution < 1.29 is 14.0 Å². The highest BCUT2D eigenvalue weighted by molar-refractivity contribution is 7.71. The summed E-state index contributed by atoms with van der Waals surface area (Å²) in [5, 5.41) is 12.3. The van der Waals surface area contributed by atoms with E-state index in [1.54, 1.807) is 42.8 Å². The summed E-state index contributed by atoms with van der Waals surface area (Å²) in [5.41, 5.74) is 1.53. The summed E-state index contributed by atoms with van der Waals surface area (Å²) >= 11 is 5.06. The number of aryl methyl sites for hydroxylation is 1. The fraction of sp³-hybridized carbons (Fsp3) is 0.200. The van der Waals surface area contributed by atoms with Crippen molar-refractivity contribution in [2.24, 2.45) is 7.05 Å². The third-order valence-corrected chi connectivity index (χ3v) is 4.84. The lowest BCUT2D eigenvalue weighted by molar-refractivity contribution is 0.0952. The number of hydrogen-bond donors (Lipinski definition) is 3. The number of aromatic amines is 1. The predicted octanol–water partition coefficient (Wildman–Crippen LogP) is 3.15. The molecule has 3 rings (SSSR count). The molecule has 0 spiro atoms. The summed E-state index contributed by atoms with van der Waals surface area (Å²) in [4.78, 5) is 24.8. The van der Waals surface area contributed by atoms with E-state index >= 15 is 0 Å². The van der Waals surface area contributed by atoms with Crippen LogP contribution in [0.5, 0.6) is 0 Å². The Morgan fingerprint density at radius 3 is 2.66 bits per heavy atom. The summed E-state index contributed by atoms with van der Waals surface area (Å²) < 4.78 is 16.1. The maximum absolute atomic E-state index is 13.8. The van der Waals surface area contributed by atoms with Gasteiger partial charge in [0.05, 0.1) is 5.56 Å². The Bertz CT molecular complexity index is 1120. The van der Waals surface area contributed by atoms with Crippen molar-refractivity contribution in [3.05, 3.63) is 75.6 Å². The van der Waals surface area contributed by atoms with Crippen molar-refractivity contribution in [2.45, 2.75) is 13.3 Å². The molecule has 0 unspecified atom stereocenters. The van der Waals surface area contributed by atoms with Gasteiger partial charge in [0.1, 0.15) is 11.6 Å². The highest BCUT2D eigenvalue weighted by Crippen LogP contribution is 2.19. The minimum atomic E-state index is -0.606. The van der Waals surface area contributed by atoms with Crippen LogP contribution in [0.15, 0.2) is 42.5 Å². The van der Waals surface area contributed by atoms with E-state index in [2.05, 4.69) is 20.8 Å². The van der Waals surface area contributed by atoms with Crippen LogP contribution in [-0.2, 0) is 13.5 Å². The molecule has 0 bridgehead atoms. The number of anilines is 1. The molecular formula is C20H20FN5O2S. The molecule has 29 heavy (non-hydrogen) atoms. The Balaban J connectivity index is 1.67. The van der Waals surface area contributed by atoms with Gasteiger partial charge >= 0.3 is 0 Å². The van der Waals surface area contributed by atoms with Crippen LogP contribution in [0.2, 0.25) is 0 Å². The van der Waals surface area contributed by atoms with Crippen LogP contribution in [0.3, 0.4) is 0 Å². The summed E-state index contributed by atoms with van der Waals surface area (Å²) in [5.74, 6) is -0.736. The number of carbonyl (C=O) groups excluding carboxylic acids is 2. The number of rotatable bonds is 6. The Morgan fingerprint density at radius 2 is 1.97 bits per heavy atom. The van der Waals surface area contributed by atoms with Crippen LogP contribution in [0.1, 0.15) is 32.1 Å². The van der Waals surface area contributed by atoms with Gasteiger partial charge < -0.3 is 15.2 Å². The quantitative estimate of drug-likeness (QED) is 0.542. The number of benzene rings is 2. The first kappa shape index (κ1) is 20.4. The molecule has 0 saturated carbocycles. The van der Waals surface area contributed by atoms with Gasteiger partial charge in [0.15, 0.2) is 4.77 Å². The summed E-state index contributed by atoms with van der Waals surface area (Å²) in [7, 11) is 1.80. The van der Waals surface area contributed by atoms with E-state index < -0.39 is 11.7 Å². The van der Waals surface area contributed by atoms with Crippen LogP contribution in [0.25, 0.3) is 0 Å². The number of nitrogens with zero attached hydrogens (tertiary/aromatic N) is 2. The second-order valence-electron chi connectivity index (χ2n) is 6.47. The molecule has 9 heteroatoms. The van der Waals surface area contributed by atoms with Gasteiger partial charge in [0.25, 0.3) is 11.8 Å². The van der Waals surface area contributed by atoms with Gasteiger partial charge in [0, 0.05) is 31.3 Å². The molecule has 1 heterocycles. The van der Waals surface area contributed by atoms with Crippen molar-refractivity contribution in [2.75, 3.05) is 11.9 Å². The second kappa shape index (κ2) is 8.78. The molecule has 0 fully saturated rings. The second-order valence-corrected chi connectivity index (χ2v) is 6.86. The number of H-pyrrole nitrogens is 1. The Kier molecular flexibility index (Phi) is 6.18. The van der Waals surface area contributed by atoms with Crippen LogP contribution < -0.4 is 10.6 Å². The first-order valence-corrected chi connectivity index (χ1v) is 9.32. The monoisotopic (exact) mass is 413 g/mol. The lowest BCUT2D eigenvalue weighted by Gasteiger charge is -2.11. The van der Waals surface area contributed by atoms with Gasteiger partial charge in [-0.05, 0) is 49.0 Å². The predicted molar refractivity (Wildman–Crippen MR) is 110 cm³/mol. The number of hydrogen-bond acceptors (Lipinski definition) is 4. The summed E-state index contributed by atoms with van der Waals surface area (Å²) in [6.07, 6.45) is 0.512. The summed E-state index contributed by atoms with van der Waals surface area (Å²) in [6.45, 7) is 2.17. The third kappa shape index (κ3) is 4.75. The van der Waals surface area contributed by atoms with Gasteiger partial charge in [-0.1, -0.05) is 18.2 Å². The van der Waals surface area contributed by atoms with Crippen LogP contribution >= 0.6 is 12.2 Å². The largest absolute Gasteiger partial charge is 0.352 e. The zero-order valence-corrected chi connectivity index (χ0v) is 16.8. The SMILES string of the molecule is Cc1ccc(C(=O)NCCc2n[nH]c(=S)n2C)cc1NC(=O)c1ccccc1F. The first-order chi connectivity index (χ1) is 13.9. The standard InChI is InChI=1S/C20H20FN5O2S/c1-12-7-8-13(18(27)22-10-9-17-24-25-20(29)26(17)2)11-16(12)23-19(28)14-5-3-4-6-15(14)21/h3-8,11H,9-10H2,1-2H3,(H,22,27)(H,23,28)(H,25,29). The van der Waals surface area contributed by atoms with E-state index in [-0.39, 0.29) is 11.5 Å². The molecule has 150 valence electrons. The number of amides is 2. The highest BCUT2D eigenvalue weighted by Gasteiger charge is 2.14. The maximum Gasteiger partial charge on any atom is 0.258 e. The van der Waals surface area contributed by atoms with Gasteiger partial charge in [-0.25, -0.2) is 4.39 Å². The zero-order valence-electron chi connectivity index (χ0n) is 16.0. The molecule has 0 saturated heterocycles.